The predicted octanol–water partition coefficient (Wildman–Crippen LogP) is 3.07. The van der Waals surface area contributed by atoms with Crippen molar-refractivity contribution in [2.45, 2.75) is 25.3 Å². The van der Waals surface area contributed by atoms with Gasteiger partial charge >= 0.3 is 0 Å². The Labute approximate surface area is 111 Å². The van der Waals surface area contributed by atoms with E-state index in [-0.39, 0.29) is 12.5 Å². The zero-order chi connectivity index (χ0) is 12.5. The van der Waals surface area contributed by atoms with Gasteiger partial charge in [-0.15, -0.1) is 0 Å². The van der Waals surface area contributed by atoms with E-state index in [1.165, 1.54) is 0 Å². The van der Waals surface area contributed by atoms with Gasteiger partial charge in [0.05, 0.1) is 11.6 Å². The highest BCUT2D eigenvalue weighted by Crippen LogP contribution is 2.33. The summed E-state index contributed by atoms with van der Waals surface area (Å²) in [6, 6.07) is 7.75. The van der Waals surface area contributed by atoms with Crippen LogP contribution < -0.4 is 0 Å². The van der Waals surface area contributed by atoms with Crippen molar-refractivity contribution >= 4 is 11.6 Å². The topological polar surface area (TPSA) is 38.0 Å². The molecule has 1 aliphatic rings. The van der Waals surface area contributed by atoms with Gasteiger partial charge in [0, 0.05) is 29.9 Å². The zero-order valence-corrected chi connectivity index (χ0v) is 10.8. The number of nitrogens with zero attached hydrogens (tertiary/aromatic N) is 2. The smallest absolute Gasteiger partial charge is 0.141 e. The van der Waals surface area contributed by atoms with Crippen molar-refractivity contribution in [1.82, 2.24) is 9.55 Å². The number of aliphatic hydroxyl groups excluding tert-OH is 1. The summed E-state index contributed by atoms with van der Waals surface area (Å²) >= 11 is 6.23. The second kappa shape index (κ2) is 4.75. The third-order valence-corrected chi connectivity index (χ3v) is 3.90. The molecular weight excluding hydrogens is 248 g/mol. The van der Waals surface area contributed by atoms with Gasteiger partial charge < -0.3 is 9.67 Å². The lowest BCUT2D eigenvalue weighted by Crippen LogP contribution is -2.18. The molecule has 2 heterocycles. The summed E-state index contributed by atoms with van der Waals surface area (Å²) in [5.74, 6) is 1.12. The van der Waals surface area contributed by atoms with Crippen LogP contribution >= 0.6 is 11.6 Å². The van der Waals surface area contributed by atoms with Crippen LogP contribution in [0.1, 0.15) is 24.5 Å². The number of fused-ring (bicyclic) bond motifs is 1. The summed E-state index contributed by atoms with van der Waals surface area (Å²) in [5, 5.41) is 10.1. The summed E-state index contributed by atoms with van der Waals surface area (Å²) in [4.78, 5) is 4.49. The maximum atomic E-state index is 9.41. The Balaban J connectivity index is 2.10. The molecule has 2 aromatic rings. The van der Waals surface area contributed by atoms with E-state index in [1.54, 1.807) is 0 Å². The number of halogens is 1. The molecule has 3 nitrogen and oxygen atoms in total. The number of aliphatic hydroxyl groups is 1. The molecule has 0 fully saturated rings. The summed E-state index contributed by atoms with van der Waals surface area (Å²) in [6.45, 7) is 1.14. The Hall–Kier alpha value is -1.32. The van der Waals surface area contributed by atoms with E-state index in [4.69, 9.17) is 11.6 Å². The van der Waals surface area contributed by atoms with Crippen LogP contribution in [0.25, 0.3) is 11.4 Å². The van der Waals surface area contributed by atoms with Gasteiger partial charge in [-0.2, -0.15) is 0 Å². The normalized spacial score (nSPS) is 18.7. The van der Waals surface area contributed by atoms with E-state index in [0.29, 0.717) is 0 Å². The van der Waals surface area contributed by atoms with E-state index < -0.39 is 0 Å². The van der Waals surface area contributed by atoms with E-state index in [1.807, 2.05) is 30.5 Å². The highest BCUT2D eigenvalue weighted by molar-refractivity contribution is 6.33. The molecule has 1 N–H and O–H groups in total. The first kappa shape index (κ1) is 11.8. The molecule has 0 radical (unpaired) electrons. The summed E-state index contributed by atoms with van der Waals surface area (Å²) in [7, 11) is 0. The number of hydrogen-bond donors (Lipinski definition) is 1. The van der Waals surface area contributed by atoms with Gasteiger partial charge in [0.1, 0.15) is 5.82 Å². The molecule has 4 heteroatoms. The third kappa shape index (κ3) is 1.84. The lowest BCUT2D eigenvalue weighted by Gasteiger charge is -2.23. The molecule has 1 aliphatic heterocycles. The van der Waals surface area contributed by atoms with Crippen LogP contribution in [0.3, 0.4) is 0 Å². The van der Waals surface area contributed by atoms with Crippen LogP contribution in [0.15, 0.2) is 30.5 Å². The van der Waals surface area contributed by atoms with Gasteiger partial charge in [-0.1, -0.05) is 23.7 Å². The molecule has 1 aromatic carbocycles. The number of rotatable bonds is 2. The molecule has 0 bridgehead atoms. The molecule has 0 aliphatic carbocycles. The minimum Gasteiger partial charge on any atom is -0.396 e. The lowest BCUT2D eigenvalue weighted by atomic mass is 9.97. The van der Waals surface area contributed by atoms with Crippen LogP contribution in [0.4, 0.5) is 0 Å². The summed E-state index contributed by atoms with van der Waals surface area (Å²) in [6.07, 6.45) is 3.98. The van der Waals surface area contributed by atoms with Crippen molar-refractivity contribution in [2.24, 2.45) is 0 Å². The van der Waals surface area contributed by atoms with E-state index in [9.17, 15) is 5.11 Å². The van der Waals surface area contributed by atoms with Gasteiger partial charge in [0.2, 0.25) is 0 Å². The van der Waals surface area contributed by atoms with Crippen molar-refractivity contribution in [1.29, 1.82) is 0 Å². The number of imidazole rings is 1. The Morgan fingerprint density at radius 3 is 3.00 bits per heavy atom. The fourth-order valence-corrected chi connectivity index (χ4v) is 2.86. The molecule has 1 aromatic heterocycles. The highest BCUT2D eigenvalue weighted by Gasteiger charge is 2.23. The van der Waals surface area contributed by atoms with Gasteiger partial charge in [-0.05, 0) is 25.0 Å². The molecule has 0 spiro atoms. The molecule has 94 valence electrons. The van der Waals surface area contributed by atoms with Crippen LogP contribution in [0.5, 0.6) is 0 Å². The molecule has 3 rings (SSSR count). The first-order chi connectivity index (χ1) is 8.81. The van der Waals surface area contributed by atoms with Crippen molar-refractivity contribution in [2.75, 3.05) is 6.61 Å². The fourth-order valence-electron chi connectivity index (χ4n) is 2.64. The first-order valence-electron chi connectivity index (χ1n) is 6.22. The number of hydrogen-bond acceptors (Lipinski definition) is 2. The van der Waals surface area contributed by atoms with E-state index >= 15 is 0 Å². The van der Waals surface area contributed by atoms with Crippen molar-refractivity contribution < 1.29 is 5.11 Å². The average molecular weight is 263 g/mol. The van der Waals surface area contributed by atoms with Crippen LogP contribution in [-0.4, -0.2) is 21.3 Å². The molecule has 1 atom stereocenters. The zero-order valence-electron chi connectivity index (χ0n) is 10.0. The molecule has 1 unspecified atom stereocenters. The SMILES string of the molecule is OCC1CCCn2c1cnc2-c1ccccc1Cl. The van der Waals surface area contributed by atoms with Crippen LogP contribution in [-0.2, 0) is 6.54 Å². The average Bonchev–Trinajstić information content (AvgIpc) is 2.83. The Morgan fingerprint density at radius 1 is 1.39 bits per heavy atom. The molecule has 0 saturated heterocycles. The third-order valence-electron chi connectivity index (χ3n) is 3.57. The fraction of sp³-hybridized carbons (Fsp3) is 0.357. The minimum atomic E-state index is 0.188. The van der Waals surface area contributed by atoms with Gasteiger partial charge in [0.25, 0.3) is 0 Å². The number of benzene rings is 1. The summed E-state index contributed by atoms with van der Waals surface area (Å²) < 4.78 is 2.19. The van der Waals surface area contributed by atoms with Crippen LogP contribution in [0, 0.1) is 0 Å². The van der Waals surface area contributed by atoms with E-state index in [0.717, 1.165) is 41.5 Å². The molecule has 0 saturated carbocycles. The Kier molecular flexibility index (Phi) is 3.10. The monoisotopic (exact) mass is 262 g/mol. The molecule has 18 heavy (non-hydrogen) atoms. The van der Waals surface area contributed by atoms with Gasteiger partial charge in [0.15, 0.2) is 0 Å². The van der Waals surface area contributed by atoms with Crippen molar-refractivity contribution in [3.8, 4) is 11.4 Å². The quantitative estimate of drug-likeness (QED) is 0.903. The van der Waals surface area contributed by atoms with Gasteiger partial charge in [-0.3, -0.25) is 0 Å². The van der Waals surface area contributed by atoms with Crippen LogP contribution in [0.2, 0.25) is 5.02 Å². The second-order valence-corrected chi connectivity index (χ2v) is 5.07. The highest BCUT2D eigenvalue weighted by atomic mass is 35.5. The van der Waals surface area contributed by atoms with Crippen molar-refractivity contribution in [3.63, 3.8) is 0 Å². The largest absolute Gasteiger partial charge is 0.396 e. The maximum absolute atomic E-state index is 9.41. The predicted molar refractivity (Wildman–Crippen MR) is 71.7 cm³/mol. The standard InChI is InChI=1S/C14H15ClN2O/c15-12-6-2-1-5-11(12)14-16-8-13-10(9-18)4-3-7-17(13)14/h1-2,5-6,8,10,18H,3-4,7,9H2. The molecular formula is C14H15ClN2O. The van der Waals surface area contributed by atoms with Crippen molar-refractivity contribution in [3.05, 3.63) is 41.2 Å². The van der Waals surface area contributed by atoms with E-state index in [2.05, 4.69) is 9.55 Å². The molecule has 0 amide bonds. The summed E-state index contributed by atoms with van der Waals surface area (Å²) in [5.41, 5.74) is 2.09. The van der Waals surface area contributed by atoms with Gasteiger partial charge in [-0.25, -0.2) is 4.98 Å². The maximum Gasteiger partial charge on any atom is 0.141 e. The minimum absolute atomic E-state index is 0.188. The first-order valence-corrected chi connectivity index (χ1v) is 6.60. The lowest BCUT2D eigenvalue weighted by molar-refractivity contribution is 0.241. The Bertz CT molecular complexity index is 565. The second-order valence-electron chi connectivity index (χ2n) is 4.66. The number of aromatic nitrogens is 2. The Morgan fingerprint density at radius 2 is 2.22 bits per heavy atom.